The molecule has 0 N–H and O–H groups in total. The fourth-order valence-electron chi connectivity index (χ4n) is 1.82. The van der Waals surface area contributed by atoms with E-state index in [2.05, 4.69) is 20.3 Å². The normalized spacial score (nSPS) is 17.4. The number of ketones is 1. The number of hydrogen-bond donors (Lipinski definition) is 0. The Morgan fingerprint density at radius 3 is 2.45 bits per heavy atom. The van der Waals surface area contributed by atoms with E-state index < -0.39 is 10.0 Å². The molecule has 2 rings (SSSR count). The lowest BCUT2D eigenvalue weighted by molar-refractivity contribution is -0.110. The largest absolute Gasteiger partial charge is 0.289 e. The van der Waals surface area contributed by atoms with Gasteiger partial charge in [0.05, 0.1) is 15.1 Å². The van der Waals surface area contributed by atoms with Gasteiger partial charge in [-0.1, -0.05) is 17.7 Å². The molecule has 0 heterocycles. The molecule has 0 unspecified atom stereocenters. The van der Waals surface area contributed by atoms with Crippen LogP contribution in [0.5, 0.6) is 0 Å². The average Bonchev–Trinajstić information content (AvgIpc) is 2.33. The average molecular weight is 354 g/mol. The molecule has 0 saturated heterocycles. The minimum absolute atomic E-state index is 0.172. The van der Waals surface area contributed by atoms with Crippen LogP contribution in [-0.4, -0.2) is 19.9 Å². The molecule has 0 fully saturated rings. The Hall–Kier alpha value is -1.53. The molecule has 0 atom stereocenters. The molecule has 1 aliphatic rings. The molecule has 1 aromatic rings. The second kappa shape index (κ2) is 5.46. The number of allylic oxidation sites excluding steroid dienone is 4. The van der Waals surface area contributed by atoms with Gasteiger partial charge in [0.1, 0.15) is 0 Å². The van der Waals surface area contributed by atoms with Crippen LogP contribution in [0.15, 0.2) is 50.2 Å². The van der Waals surface area contributed by atoms with Crippen molar-refractivity contribution in [2.45, 2.75) is 18.7 Å². The Labute approximate surface area is 126 Å². The summed E-state index contributed by atoms with van der Waals surface area (Å²) in [5.41, 5.74) is 1.85. The maximum atomic E-state index is 12.3. The molecule has 0 radical (unpaired) electrons. The molecule has 1 aliphatic carbocycles. The van der Waals surface area contributed by atoms with Crippen LogP contribution >= 0.6 is 15.9 Å². The summed E-state index contributed by atoms with van der Waals surface area (Å²) in [6.07, 6.45) is 4.05. The highest BCUT2D eigenvalue weighted by molar-refractivity contribution is 9.12. The summed E-state index contributed by atoms with van der Waals surface area (Å²) in [5, 5.41) is 0. The van der Waals surface area contributed by atoms with E-state index in [1.807, 2.05) is 6.92 Å². The van der Waals surface area contributed by atoms with E-state index in [0.717, 1.165) is 5.56 Å². The number of halogens is 1. The van der Waals surface area contributed by atoms with Crippen LogP contribution in [-0.2, 0) is 14.8 Å². The van der Waals surface area contributed by atoms with Crippen LogP contribution < -0.4 is 0 Å². The van der Waals surface area contributed by atoms with E-state index in [4.69, 9.17) is 0 Å². The van der Waals surface area contributed by atoms with Crippen molar-refractivity contribution in [2.24, 2.45) is 4.40 Å². The first-order chi connectivity index (χ1) is 9.29. The minimum Gasteiger partial charge on any atom is -0.289 e. The maximum absolute atomic E-state index is 12.3. The first-order valence-electron chi connectivity index (χ1n) is 5.81. The van der Waals surface area contributed by atoms with Crippen molar-refractivity contribution in [1.29, 1.82) is 0 Å². The summed E-state index contributed by atoms with van der Waals surface area (Å²) in [6.45, 7) is 3.62. The van der Waals surface area contributed by atoms with Crippen molar-refractivity contribution >= 4 is 37.4 Å². The first-order valence-corrected chi connectivity index (χ1v) is 8.05. The van der Waals surface area contributed by atoms with Gasteiger partial charge in [-0.3, -0.25) is 4.79 Å². The van der Waals surface area contributed by atoms with Crippen molar-refractivity contribution in [3.05, 3.63) is 52.0 Å². The van der Waals surface area contributed by atoms with Crippen molar-refractivity contribution in [1.82, 2.24) is 0 Å². The quantitative estimate of drug-likeness (QED) is 0.768. The Bertz CT molecular complexity index is 774. The van der Waals surface area contributed by atoms with Crippen LogP contribution in [0.3, 0.4) is 0 Å². The predicted molar refractivity (Wildman–Crippen MR) is 81.7 cm³/mol. The van der Waals surface area contributed by atoms with Gasteiger partial charge in [-0.2, -0.15) is 12.8 Å². The fraction of sp³-hybridized carbons (Fsp3) is 0.143. The molecule has 1 aromatic carbocycles. The van der Waals surface area contributed by atoms with Gasteiger partial charge in [0.15, 0.2) is 5.78 Å². The van der Waals surface area contributed by atoms with Gasteiger partial charge in [-0.15, -0.1) is 0 Å². The maximum Gasteiger partial charge on any atom is 0.283 e. The van der Waals surface area contributed by atoms with Crippen molar-refractivity contribution in [3.63, 3.8) is 0 Å². The van der Waals surface area contributed by atoms with Crippen LogP contribution in [0.4, 0.5) is 0 Å². The molecule has 0 aromatic heterocycles. The van der Waals surface area contributed by atoms with E-state index >= 15 is 0 Å². The summed E-state index contributed by atoms with van der Waals surface area (Å²) >= 11 is 3.07. The van der Waals surface area contributed by atoms with Gasteiger partial charge < -0.3 is 0 Å². The van der Waals surface area contributed by atoms with Crippen LogP contribution in [0.2, 0.25) is 0 Å². The van der Waals surface area contributed by atoms with Crippen molar-refractivity contribution < 1.29 is 13.2 Å². The lowest BCUT2D eigenvalue weighted by Crippen LogP contribution is -2.07. The third-order valence-corrected chi connectivity index (χ3v) is 4.83. The zero-order chi connectivity index (χ0) is 14.9. The fourth-order valence-corrected chi connectivity index (χ4v) is 3.39. The van der Waals surface area contributed by atoms with Gasteiger partial charge in [0.25, 0.3) is 10.0 Å². The van der Waals surface area contributed by atoms with Crippen LogP contribution in [0, 0.1) is 13.8 Å². The third-order valence-electron chi connectivity index (χ3n) is 2.75. The molecule has 20 heavy (non-hydrogen) atoms. The van der Waals surface area contributed by atoms with Gasteiger partial charge >= 0.3 is 0 Å². The topological polar surface area (TPSA) is 63.6 Å². The smallest absolute Gasteiger partial charge is 0.283 e. The second-order valence-corrected chi connectivity index (χ2v) is 6.88. The standard InChI is InChI=1S/C14H12BrNO3S/c1-9-3-6-14(10(2)7-9)20(18,19)16-11-4-5-13(17)12(15)8-11/h3-8H,1-2H3/b16-11-. The number of carbonyl (C=O) groups is 1. The number of benzene rings is 1. The molecular weight excluding hydrogens is 342 g/mol. The van der Waals surface area contributed by atoms with Crippen LogP contribution in [0.25, 0.3) is 0 Å². The number of rotatable bonds is 2. The molecule has 0 saturated carbocycles. The molecule has 4 nitrogen and oxygen atoms in total. The van der Waals surface area contributed by atoms with E-state index in [0.29, 0.717) is 5.56 Å². The summed E-state index contributed by atoms with van der Waals surface area (Å²) in [5.74, 6) is -0.215. The first kappa shape index (κ1) is 14.9. The number of aryl methyl sites for hydroxylation is 2. The van der Waals surface area contributed by atoms with Gasteiger partial charge in [-0.05, 0) is 59.6 Å². The van der Waals surface area contributed by atoms with E-state index in [1.165, 1.54) is 18.2 Å². The lowest BCUT2D eigenvalue weighted by atomic mass is 10.2. The Morgan fingerprint density at radius 1 is 1.15 bits per heavy atom. The molecule has 6 heteroatoms. The number of hydrogen-bond acceptors (Lipinski definition) is 3. The van der Waals surface area contributed by atoms with Gasteiger partial charge in [-0.25, -0.2) is 0 Å². The zero-order valence-electron chi connectivity index (χ0n) is 10.9. The van der Waals surface area contributed by atoms with E-state index in [1.54, 1.807) is 25.1 Å². The zero-order valence-corrected chi connectivity index (χ0v) is 13.3. The Kier molecular flexibility index (Phi) is 4.06. The SMILES string of the molecule is Cc1ccc(S(=O)(=O)/N=C2/C=CC(=O)C(Br)=C2)c(C)c1. The highest BCUT2D eigenvalue weighted by Gasteiger charge is 2.17. The number of sulfonamides is 1. The minimum atomic E-state index is -3.79. The monoisotopic (exact) mass is 353 g/mol. The molecule has 104 valence electrons. The Balaban J connectivity index is 2.47. The summed E-state index contributed by atoms with van der Waals surface area (Å²) in [6, 6.07) is 5.06. The second-order valence-electron chi connectivity index (χ2n) is 4.45. The number of nitrogens with zero attached hydrogens (tertiary/aromatic N) is 1. The number of carbonyl (C=O) groups excluding carboxylic acids is 1. The van der Waals surface area contributed by atoms with Crippen molar-refractivity contribution in [2.75, 3.05) is 0 Å². The highest BCUT2D eigenvalue weighted by Crippen LogP contribution is 2.20. The summed E-state index contributed by atoms with van der Waals surface area (Å²) in [7, 11) is -3.79. The van der Waals surface area contributed by atoms with Crippen LogP contribution in [0.1, 0.15) is 11.1 Å². The molecule has 0 bridgehead atoms. The summed E-state index contributed by atoms with van der Waals surface area (Å²) in [4.78, 5) is 11.4. The van der Waals surface area contributed by atoms with Gasteiger partial charge in [0.2, 0.25) is 0 Å². The van der Waals surface area contributed by atoms with E-state index in [-0.39, 0.29) is 20.9 Å². The Morgan fingerprint density at radius 2 is 1.85 bits per heavy atom. The lowest BCUT2D eigenvalue weighted by Gasteiger charge is -2.06. The predicted octanol–water partition coefficient (Wildman–Crippen LogP) is 2.85. The summed E-state index contributed by atoms with van der Waals surface area (Å²) < 4.78 is 28.6. The molecule has 0 spiro atoms. The highest BCUT2D eigenvalue weighted by atomic mass is 79.9. The third kappa shape index (κ3) is 3.13. The van der Waals surface area contributed by atoms with Gasteiger partial charge in [0, 0.05) is 0 Å². The van der Waals surface area contributed by atoms with Crippen molar-refractivity contribution in [3.8, 4) is 0 Å². The van der Waals surface area contributed by atoms with E-state index in [9.17, 15) is 13.2 Å². The molecule has 0 aliphatic heterocycles. The molecule has 0 amide bonds. The molecular formula is C14H12BrNO3S.